The molecule has 4 nitrogen and oxygen atoms in total. The van der Waals surface area contributed by atoms with E-state index < -0.39 is 19.0 Å². The van der Waals surface area contributed by atoms with Crippen LogP contribution in [0.15, 0.2) is 0 Å². The van der Waals surface area contributed by atoms with Crippen molar-refractivity contribution in [2.24, 2.45) is 23.2 Å². The summed E-state index contributed by atoms with van der Waals surface area (Å²) >= 11 is 0. The van der Waals surface area contributed by atoms with Gasteiger partial charge in [0.2, 0.25) is 0 Å². The smallest absolute Gasteiger partial charge is 0.287 e. The average molecular weight is 348 g/mol. The summed E-state index contributed by atoms with van der Waals surface area (Å²) in [5.41, 5.74) is -1.45. The van der Waals surface area contributed by atoms with E-state index in [1.807, 2.05) is 27.7 Å². The molecule has 1 saturated heterocycles. The van der Waals surface area contributed by atoms with Gasteiger partial charge in [-0.2, -0.15) is 0 Å². The molecule has 0 aromatic heterocycles. The van der Waals surface area contributed by atoms with Crippen LogP contribution in [0.2, 0.25) is 0 Å². The molecule has 1 fully saturated rings. The maximum Gasteiger partial charge on any atom is 0.475 e. The molecule has 1 heterocycles. The summed E-state index contributed by atoms with van der Waals surface area (Å²) in [7, 11) is -3.62. The molecule has 23 heavy (non-hydrogen) atoms. The summed E-state index contributed by atoms with van der Waals surface area (Å²) in [5.74, 6) is 0.855. The highest BCUT2D eigenvalue weighted by Gasteiger charge is 2.59. The maximum atomic E-state index is 13.3. The lowest BCUT2D eigenvalue weighted by Crippen LogP contribution is -2.52. The van der Waals surface area contributed by atoms with Gasteiger partial charge in [0.1, 0.15) is 0 Å². The quantitative estimate of drug-likeness (QED) is 0.566. The van der Waals surface area contributed by atoms with Crippen molar-refractivity contribution in [1.82, 2.24) is 0 Å². The molecule has 138 valence electrons. The second kappa shape index (κ2) is 6.78. The molecule has 0 saturated carbocycles. The Morgan fingerprint density at radius 2 is 1.57 bits per heavy atom. The fourth-order valence-corrected chi connectivity index (χ4v) is 6.09. The predicted molar refractivity (Wildman–Crippen MR) is 95.5 cm³/mol. The molecule has 1 aliphatic heterocycles. The van der Waals surface area contributed by atoms with Crippen molar-refractivity contribution in [3.8, 4) is 0 Å². The minimum absolute atomic E-state index is 0.174. The van der Waals surface area contributed by atoms with Crippen molar-refractivity contribution in [2.75, 3.05) is 6.61 Å². The average Bonchev–Trinajstić information content (AvgIpc) is 2.35. The molecule has 0 spiro atoms. The SMILES string of the molecule is CCC(C)COP1(=O)OC(C)(C)C(C(C)C)C(C)(C)C(C)(C)O1. The van der Waals surface area contributed by atoms with E-state index in [4.69, 9.17) is 13.6 Å². The lowest BCUT2D eigenvalue weighted by molar-refractivity contribution is -0.0847. The molecular formula is C18H37O4P. The fraction of sp³-hybridized carbons (Fsp3) is 1.00. The van der Waals surface area contributed by atoms with Gasteiger partial charge in [0.15, 0.2) is 0 Å². The van der Waals surface area contributed by atoms with Crippen molar-refractivity contribution in [1.29, 1.82) is 0 Å². The van der Waals surface area contributed by atoms with Crippen LogP contribution in [-0.4, -0.2) is 17.8 Å². The summed E-state index contributed by atoms with van der Waals surface area (Å²) in [5, 5.41) is 0. The van der Waals surface area contributed by atoms with Crippen LogP contribution in [0, 0.1) is 23.2 Å². The lowest BCUT2D eigenvalue weighted by Gasteiger charge is -2.49. The van der Waals surface area contributed by atoms with E-state index in [2.05, 4.69) is 41.5 Å². The van der Waals surface area contributed by atoms with E-state index in [0.717, 1.165) is 6.42 Å². The normalized spacial score (nSPS) is 34.1. The van der Waals surface area contributed by atoms with Crippen molar-refractivity contribution in [3.63, 3.8) is 0 Å². The van der Waals surface area contributed by atoms with Gasteiger partial charge in [0.25, 0.3) is 0 Å². The number of hydrogen-bond acceptors (Lipinski definition) is 4. The molecule has 3 atom stereocenters. The van der Waals surface area contributed by atoms with Gasteiger partial charge in [-0.25, -0.2) is 4.57 Å². The molecule has 0 aromatic rings. The summed E-state index contributed by atoms with van der Waals surface area (Å²) in [6.07, 6.45) is 0.965. The first-order valence-corrected chi connectivity index (χ1v) is 10.3. The summed E-state index contributed by atoms with van der Waals surface area (Å²) in [6.45, 7) is 21.2. The van der Waals surface area contributed by atoms with Crippen molar-refractivity contribution < 1.29 is 18.1 Å². The molecule has 5 heteroatoms. The van der Waals surface area contributed by atoms with Crippen molar-refractivity contribution in [3.05, 3.63) is 0 Å². The van der Waals surface area contributed by atoms with E-state index in [0.29, 0.717) is 18.4 Å². The zero-order valence-electron chi connectivity index (χ0n) is 16.7. The first kappa shape index (κ1) is 21.2. The Kier molecular flexibility index (Phi) is 6.24. The molecule has 3 unspecified atom stereocenters. The van der Waals surface area contributed by atoms with Gasteiger partial charge >= 0.3 is 7.82 Å². The molecule has 0 radical (unpaired) electrons. The number of hydrogen-bond donors (Lipinski definition) is 0. The first-order valence-electron chi connectivity index (χ1n) is 8.84. The van der Waals surface area contributed by atoms with Gasteiger partial charge in [-0.3, -0.25) is 13.6 Å². The number of phosphoric ester groups is 1. The topological polar surface area (TPSA) is 44.8 Å². The van der Waals surface area contributed by atoms with Crippen LogP contribution < -0.4 is 0 Å². The molecule has 1 rings (SSSR count). The van der Waals surface area contributed by atoms with Crippen LogP contribution in [0.4, 0.5) is 0 Å². The molecule has 0 N–H and O–H groups in total. The molecule has 1 aliphatic rings. The molecule has 0 aliphatic carbocycles. The highest BCUT2D eigenvalue weighted by Crippen LogP contribution is 2.65. The third kappa shape index (κ3) is 4.39. The summed E-state index contributed by atoms with van der Waals surface area (Å²) in [4.78, 5) is 0. The first-order chi connectivity index (χ1) is 10.2. The second-order valence-corrected chi connectivity index (χ2v) is 10.5. The van der Waals surface area contributed by atoms with E-state index in [1.54, 1.807) is 0 Å². The highest BCUT2D eigenvalue weighted by molar-refractivity contribution is 7.48. The number of phosphoric acid groups is 1. The predicted octanol–water partition coefficient (Wildman–Crippen LogP) is 6.06. The third-order valence-corrected chi connectivity index (χ3v) is 7.49. The Hall–Kier alpha value is 0.110. The zero-order chi connectivity index (χ0) is 18.3. The number of rotatable bonds is 5. The molecule has 0 bridgehead atoms. The van der Waals surface area contributed by atoms with Crippen molar-refractivity contribution in [2.45, 2.75) is 86.9 Å². The monoisotopic (exact) mass is 348 g/mol. The van der Waals surface area contributed by atoms with Gasteiger partial charge in [0, 0.05) is 0 Å². The minimum atomic E-state index is -3.62. The zero-order valence-corrected chi connectivity index (χ0v) is 17.6. The van der Waals surface area contributed by atoms with Crippen LogP contribution in [0.5, 0.6) is 0 Å². The summed E-state index contributed by atoms with van der Waals surface area (Å²) < 4.78 is 31.1. The molecular weight excluding hydrogens is 311 g/mol. The van der Waals surface area contributed by atoms with E-state index in [1.165, 1.54) is 0 Å². The van der Waals surface area contributed by atoms with Crippen LogP contribution in [0.25, 0.3) is 0 Å². The van der Waals surface area contributed by atoms with Gasteiger partial charge in [-0.1, -0.05) is 48.0 Å². The van der Waals surface area contributed by atoms with Gasteiger partial charge in [-0.05, 0) is 50.9 Å². The standard InChI is InChI=1S/C18H37O4P/c1-11-14(4)12-20-23(19)21-17(7,8)15(13(2)3)16(5,6)18(9,10)22-23/h13-15H,11-12H2,1-10H3. The Balaban J connectivity index is 3.26. The van der Waals surface area contributed by atoms with Gasteiger partial charge in [-0.15, -0.1) is 0 Å². The van der Waals surface area contributed by atoms with Crippen LogP contribution in [0.3, 0.4) is 0 Å². The Morgan fingerprint density at radius 3 is 2.00 bits per heavy atom. The van der Waals surface area contributed by atoms with Crippen LogP contribution in [0.1, 0.15) is 75.7 Å². The Morgan fingerprint density at radius 1 is 1.04 bits per heavy atom. The molecule has 0 amide bonds. The van der Waals surface area contributed by atoms with Gasteiger partial charge in [0.05, 0.1) is 17.8 Å². The Labute approximate surface area is 143 Å². The second-order valence-electron chi connectivity index (χ2n) is 9.00. The summed E-state index contributed by atoms with van der Waals surface area (Å²) in [6, 6.07) is 0. The largest absolute Gasteiger partial charge is 0.475 e. The minimum Gasteiger partial charge on any atom is -0.287 e. The van der Waals surface area contributed by atoms with E-state index in [9.17, 15) is 4.57 Å². The van der Waals surface area contributed by atoms with Crippen LogP contribution >= 0.6 is 7.82 Å². The fourth-order valence-electron chi connectivity index (χ4n) is 4.03. The molecule has 0 aromatic carbocycles. The van der Waals surface area contributed by atoms with Gasteiger partial charge < -0.3 is 0 Å². The van der Waals surface area contributed by atoms with Crippen molar-refractivity contribution >= 4 is 7.82 Å². The lowest BCUT2D eigenvalue weighted by atomic mass is 9.59. The van der Waals surface area contributed by atoms with Crippen LogP contribution in [-0.2, 0) is 18.1 Å². The highest BCUT2D eigenvalue weighted by atomic mass is 31.2. The maximum absolute atomic E-state index is 13.3. The third-order valence-electron chi connectivity index (χ3n) is 5.65. The van der Waals surface area contributed by atoms with E-state index >= 15 is 0 Å². The van der Waals surface area contributed by atoms with E-state index in [-0.39, 0.29) is 11.3 Å². The Bertz CT molecular complexity index is 454.